The van der Waals surface area contributed by atoms with Gasteiger partial charge >= 0.3 is 0 Å². The van der Waals surface area contributed by atoms with Gasteiger partial charge in [0.15, 0.2) is 0 Å². The number of nitrogens with one attached hydrogen (secondary N) is 1. The molecule has 1 aromatic heterocycles. The number of carbonyl (C=O) groups excluding carboxylic acids is 2. The number of halogens is 1. The summed E-state index contributed by atoms with van der Waals surface area (Å²) in [7, 11) is 1.80. The van der Waals surface area contributed by atoms with Crippen molar-refractivity contribution >= 4 is 23.2 Å². The van der Waals surface area contributed by atoms with Crippen LogP contribution in [0, 0.1) is 12.7 Å². The van der Waals surface area contributed by atoms with Crippen LogP contribution in [0.25, 0.3) is 10.4 Å². The van der Waals surface area contributed by atoms with Gasteiger partial charge in [0.2, 0.25) is 0 Å². The summed E-state index contributed by atoms with van der Waals surface area (Å²) >= 11 is 1.29. The zero-order valence-corrected chi connectivity index (χ0v) is 21.1. The van der Waals surface area contributed by atoms with E-state index in [-0.39, 0.29) is 29.4 Å². The average Bonchev–Trinajstić information content (AvgIpc) is 3.30. The van der Waals surface area contributed by atoms with Crippen LogP contribution in [0.5, 0.6) is 0 Å². The van der Waals surface area contributed by atoms with Crippen molar-refractivity contribution in [3.63, 3.8) is 0 Å². The summed E-state index contributed by atoms with van der Waals surface area (Å²) in [5, 5.41) is 3.63. The minimum absolute atomic E-state index is 0.0696. The molecule has 36 heavy (non-hydrogen) atoms. The van der Waals surface area contributed by atoms with Crippen molar-refractivity contribution in [1.29, 1.82) is 0 Å². The number of aromatic nitrogens is 1. The predicted molar refractivity (Wildman–Crippen MR) is 142 cm³/mol. The number of nitrogens with zero attached hydrogens (tertiary/aromatic N) is 2. The van der Waals surface area contributed by atoms with Crippen molar-refractivity contribution in [2.24, 2.45) is 0 Å². The number of hydrogen-bond acceptors (Lipinski definition) is 4. The molecule has 0 saturated heterocycles. The highest BCUT2D eigenvalue weighted by Crippen LogP contribution is 2.32. The Morgan fingerprint density at radius 1 is 0.972 bits per heavy atom. The molecule has 0 aliphatic rings. The van der Waals surface area contributed by atoms with E-state index < -0.39 is 0 Å². The van der Waals surface area contributed by atoms with E-state index >= 15 is 0 Å². The van der Waals surface area contributed by atoms with Crippen molar-refractivity contribution in [2.45, 2.75) is 25.8 Å². The fourth-order valence-electron chi connectivity index (χ4n) is 4.11. The molecule has 5 nitrogen and oxygen atoms in total. The molecule has 0 spiro atoms. The van der Waals surface area contributed by atoms with Gasteiger partial charge < -0.3 is 10.2 Å². The van der Waals surface area contributed by atoms with Gasteiger partial charge in [0.05, 0.1) is 9.88 Å². The smallest absolute Gasteiger partial charge is 0.271 e. The molecule has 0 unspecified atom stereocenters. The van der Waals surface area contributed by atoms with Crippen LogP contribution >= 0.6 is 11.3 Å². The van der Waals surface area contributed by atoms with Crippen LogP contribution < -0.4 is 5.32 Å². The van der Waals surface area contributed by atoms with Crippen LogP contribution in [0.4, 0.5) is 4.39 Å². The molecular weight excluding hydrogens is 473 g/mol. The molecule has 1 heterocycles. The molecule has 0 radical (unpaired) electrons. The molecule has 0 aliphatic heterocycles. The Bertz CT molecular complexity index is 1320. The monoisotopic (exact) mass is 501 g/mol. The highest BCUT2D eigenvalue weighted by Gasteiger charge is 2.23. The van der Waals surface area contributed by atoms with E-state index in [9.17, 15) is 14.0 Å². The molecule has 0 aliphatic carbocycles. The second-order valence-electron chi connectivity index (χ2n) is 8.56. The van der Waals surface area contributed by atoms with Crippen LogP contribution in [0.15, 0.2) is 84.9 Å². The van der Waals surface area contributed by atoms with Gasteiger partial charge in [-0.05, 0) is 43.5 Å². The molecule has 1 N–H and O–H groups in total. The summed E-state index contributed by atoms with van der Waals surface area (Å²) < 4.78 is 14.4. The number of likely N-dealkylation sites (N-methyl/N-ethyl adjacent to an activating group) is 1. The van der Waals surface area contributed by atoms with Gasteiger partial charge in [-0.1, -0.05) is 66.7 Å². The molecule has 4 aromatic rings. The lowest BCUT2D eigenvalue weighted by molar-refractivity contribution is 0.0723. The molecule has 184 valence electrons. The van der Waals surface area contributed by atoms with Crippen LogP contribution in [-0.4, -0.2) is 41.3 Å². The maximum absolute atomic E-state index is 14.4. The van der Waals surface area contributed by atoms with Gasteiger partial charge in [-0.15, -0.1) is 11.3 Å². The largest absolute Gasteiger partial charge is 0.351 e. The Kier molecular flexibility index (Phi) is 8.23. The summed E-state index contributed by atoms with van der Waals surface area (Å²) in [6, 6.07) is 25.4. The zero-order valence-electron chi connectivity index (χ0n) is 20.3. The predicted octanol–water partition coefficient (Wildman–Crippen LogP) is 5.76. The van der Waals surface area contributed by atoms with Crippen molar-refractivity contribution in [3.05, 3.63) is 113 Å². The van der Waals surface area contributed by atoms with E-state index in [1.165, 1.54) is 17.4 Å². The third kappa shape index (κ3) is 6.04. The summed E-state index contributed by atoms with van der Waals surface area (Å²) in [6.07, 6.45) is 1.20. The third-order valence-electron chi connectivity index (χ3n) is 6.03. The molecule has 0 bridgehead atoms. The van der Waals surface area contributed by atoms with Crippen molar-refractivity contribution in [2.75, 3.05) is 13.6 Å². The quantitative estimate of drug-likeness (QED) is 0.317. The second-order valence-corrected chi connectivity index (χ2v) is 9.76. The summed E-state index contributed by atoms with van der Waals surface area (Å²) in [4.78, 5) is 32.8. The number of amides is 2. The minimum atomic E-state index is -0.390. The first-order valence-corrected chi connectivity index (χ1v) is 12.6. The first kappa shape index (κ1) is 25.3. The van der Waals surface area contributed by atoms with Crippen LogP contribution in [0.1, 0.15) is 37.8 Å². The van der Waals surface area contributed by atoms with Crippen molar-refractivity contribution < 1.29 is 14.0 Å². The van der Waals surface area contributed by atoms with Crippen LogP contribution in [0.2, 0.25) is 0 Å². The number of hydrogen-bond donors (Lipinski definition) is 1. The van der Waals surface area contributed by atoms with E-state index in [1.807, 2.05) is 48.5 Å². The van der Waals surface area contributed by atoms with E-state index in [4.69, 9.17) is 0 Å². The first-order valence-electron chi connectivity index (χ1n) is 11.8. The highest BCUT2D eigenvalue weighted by atomic mass is 32.1. The molecule has 4 rings (SSSR count). The maximum atomic E-state index is 14.4. The first-order chi connectivity index (χ1) is 17.4. The second kappa shape index (κ2) is 11.7. The molecule has 3 aromatic carbocycles. The fraction of sp³-hybridized carbons (Fsp3) is 0.207. The number of thiazole rings is 1. The zero-order chi connectivity index (χ0) is 25.5. The maximum Gasteiger partial charge on any atom is 0.271 e. The standard InChI is InChI=1S/C29H28FN3O2S/c1-20-32-26(27(36-20)24-15-9-10-16-25(24)30)28(34)31-18-17-23(19-21-11-5-3-6-12-21)33(2)29(35)22-13-7-4-8-14-22/h3-16,23H,17-19H2,1-2H3,(H,31,34)/t23-/m1/s1. The highest BCUT2D eigenvalue weighted by molar-refractivity contribution is 7.15. The van der Waals surface area contributed by atoms with Crippen molar-refractivity contribution in [3.8, 4) is 10.4 Å². The van der Waals surface area contributed by atoms with Crippen molar-refractivity contribution in [1.82, 2.24) is 15.2 Å². The summed E-state index contributed by atoms with van der Waals surface area (Å²) in [5.74, 6) is -0.813. The van der Waals surface area contributed by atoms with Gasteiger partial charge in [0.25, 0.3) is 11.8 Å². The average molecular weight is 502 g/mol. The van der Waals surface area contributed by atoms with Gasteiger partial charge in [0, 0.05) is 30.8 Å². The lowest BCUT2D eigenvalue weighted by Gasteiger charge is -2.29. The topological polar surface area (TPSA) is 62.3 Å². The van der Waals surface area contributed by atoms with Gasteiger partial charge in [-0.2, -0.15) is 0 Å². The summed E-state index contributed by atoms with van der Waals surface area (Å²) in [5.41, 5.74) is 2.31. The number of benzene rings is 3. The number of aryl methyl sites for hydroxylation is 1. The van der Waals surface area contributed by atoms with Gasteiger partial charge in [-0.25, -0.2) is 9.37 Å². The molecule has 0 fully saturated rings. The molecule has 1 atom stereocenters. The molecule has 2 amide bonds. The summed E-state index contributed by atoms with van der Waals surface area (Å²) in [6.45, 7) is 2.14. The molecule has 7 heteroatoms. The Balaban J connectivity index is 1.48. The number of carbonyl (C=O) groups is 2. The normalized spacial score (nSPS) is 11.6. The lowest BCUT2D eigenvalue weighted by atomic mass is 10.0. The third-order valence-corrected chi connectivity index (χ3v) is 7.04. The Hall–Kier alpha value is -3.84. The van der Waals surface area contributed by atoms with Gasteiger partial charge in [-0.3, -0.25) is 9.59 Å². The Labute approximate surface area is 214 Å². The van der Waals surface area contributed by atoms with Crippen LogP contribution in [-0.2, 0) is 6.42 Å². The lowest BCUT2D eigenvalue weighted by Crippen LogP contribution is -2.41. The van der Waals surface area contributed by atoms with Crippen LogP contribution in [0.3, 0.4) is 0 Å². The van der Waals surface area contributed by atoms with E-state index in [0.717, 1.165) is 5.56 Å². The van der Waals surface area contributed by atoms with Gasteiger partial charge in [0.1, 0.15) is 11.5 Å². The fourth-order valence-corrected chi connectivity index (χ4v) is 5.06. The van der Waals surface area contributed by atoms with E-state index in [1.54, 1.807) is 49.2 Å². The molecule has 0 saturated carbocycles. The number of rotatable bonds is 9. The Morgan fingerprint density at radius 3 is 2.31 bits per heavy atom. The minimum Gasteiger partial charge on any atom is -0.351 e. The SMILES string of the molecule is Cc1nc(C(=O)NCC[C@H](Cc2ccccc2)N(C)C(=O)c2ccccc2)c(-c2ccccc2F)s1. The van der Waals surface area contributed by atoms with E-state index in [2.05, 4.69) is 10.3 Å². The van der Waals surface area contributed by atoms with E-state index in [0.29, 0.717) is 40.4 Å². The Morgan fingerprint density at radius 2 is 1.61 bits per heavy atom. The molecular formula is C29H28FN3O2S.